The molecule has 0 aliphatic rings. The van der Waals surface area contributed by atoms with Crippen LogP contribution in [0.4, 0.5) is 0 Å². The summed E-state index contributed by atoms with van der Waals surface area (Å²) in [5.74, 6) is 0. The third-order valence-electron chi connectivity index (χ3n) is 2.45. The summed E-state index contributed by atoms with van der Waals surface area (Å²) < 4.78 is 24.1. The van der Waals surface area contributed by atoms with Gasteiger partial charge in [-0.25, -0.2) is 13.1 Å². The third-order valence-corrected chi connectivity index (χ3v) is 3.52. The van der Waals surface area contributed by atoms with Crippen molar-refractivity contribution < 1.29 is 13.5 Å². The van der Waals surface area contributed by atoms with Gasteiger partial charge in [-0.1, -0.05) is 0 Å². The topological polar surface area (TPSA) is 85.1 Å². The van der Waals surface area contributed by atoms with Crippen LogP contribution in [0.3, 0.4) is 0 Å². The van der Waals surface area contributed by atoms with Crippen LogP contribution in [0.25, 0.3) is 5.69 Å². The molecule has 2 heterocycles. The molecule has 96 valence electrons. The lowest BCUT2D eigenvalue weighted by Crippen LogP contribution is -1.99. The maximum Gasteiger partial charge on any atom is 0.178 e. The number of aliphatic hydroxyl groups is 1. The number of rotatable bonds is 3. The number of sulfone groups is 1. The molecule has 1 N–H and O–H groups in total. The molecule has 18 heavy (non-hydrogen) atoms. The van der Waals surface area contributed by atoms with Crippen molar-refractivity contribution in [1.82, 2.24) is 14.8 Å². The quantitative estimate of drug-likeness (QED) is 0.885. The van der Waals surface area contributed by atoms with Gasteiger partial charge in [0, 0.05) is 12.5 Å². The Bertz CT molecular complexity index is 644. The first-order chi connectivity index (χ1) is 8.38. The average Bonchev–Trinajstić information content (AvgIpc) is 2.78. The minimum atomic E-state index is -3.26. The highest BCUT2D eigenvalue weighted by molar-refractivity contribution is 7.90. The van der Waals surface area contributed by atoms with Crippen LogP contribution in [0.2, 0.25) is 0 Å². The Labute approximate surface area is 105 Å². The van der Waals surface area contributed by atoms with Crippen molar-refractivity contribution in [3.63, 3.8) is 0 Å². The first-order valence-corrected chi connectivity index (χ1v) is 7.16. The van der Waals surface area contributed by atoms with Crippen LogP contribution >= 0.6 is 0 Å². The van der Waals surface area contributed by atoms with Crippen molar-refractivity contribution in [2.75, 3.05) is 6.26 Å². The lowest BCUT2D eigenvalue weighted by atomic mass is 10.2. The van der Waals surface area contributed by atoms with Gasteiger partial charge >= 0.3 is 0 Å². The number of hydrogen-bond donors (Lipinski definition) is 1. The van der Waals surface area contributed by atoms with E-state index in [4.69, 9.17) is 0 Å². The fraction of sp³-hybridized carbons (Fsp3) is 0.273. The summed E-state index contributed by atoms with van der Waals surface area (Å²) in [4.78, 5) is 4.22. The lowest BCUT2D eigenvalue weighted by molar-refractivity contribution is 0.194. The molecule has 1 atom stereocenters. The van der Waals surface area contributed by atoms with Crippen LogP contribution in [-0.4, -0.2) is 34.5 Å². The molecule has 0 aromatic carbocycles. The Morgan fingerprint density at radius 3 is 2.50 bits per heavy atom. The van der Waals surface area contributed by atoms with Gasteiger partial charge in [0.1, 0.15) is 4.90 Å². The molecule has 0 bridgehead atoms. The lowest BCUT2D eigenvalue weighted by Gasteiger charge is -2.05. The Morgan fingerprint density at radius 1 is 1.33 bits per heavy atom. The molecule has 2 aromatic heterocycles. The third kappa shape index (κ3) is 2.57. The van der Waals surface area contributed by atoms with Gasteiger partial charge in [-0.2, -0.15) is 5.10 Å². The molecule has 6 nitrogen and oxygen atoms in total. The maximum absolute atomic E-state index is 11.3. The van der Waals surface area contributed by atoms with E-state index >= 15 is 0 Å². The van der Waals surface area contributed by atoms with Gasteiger partial charge in [-0.15, -0.1) is 0 Å². The van der Waals surface area contributed by atoms with Gasteiger partial charge < -0.3 is 5.11 Å². The SMILES string of the molecule is C[C@@H](O)c1ccc(-n2cc(S(C)(=O)=O)cn2)cn1. The summed E-state index contributed by atoms with van der Waals surface area (Å²) in [6.45, 7) is 1.62. The standard InChI is InChI=1S/C11H13N3O3S/c1-8(15)11-4-3-9(5-12-11)14-7-10(6-13-14)18(2,16)17/h3-8,15H,1-2H3/t8-/m1/s1. The van der Waals surface area contributed by atoms with Crippen molar-refractivity contribution in [3.05, 3.63) is 36.4 Å². The number of pyridine rings is 1. The van der Waals surface area contributed by atoms with E-state index in [9.17, 15) is 13.5 Å². The van der Waals surface area contributed by atoms with Crippen molar-refractivity contribution in [2.24, 2.45) is 0 Å². The second-order valence-electron chi connectivity index (χ2n) is 4.01. The van der Waals surface area contributed by atoms with Crippen LogP contribution < -0.4 is 0 Å². The van der Waals surface area contributed by atoms with Gasteiger partial charge in [0.25, 0.3) is 0 Å². The molecular formula is C11H13N3O3S. The normalized spacial score (nSPS) is 13.5. The number of aromatic nitrogens is 3. The van der Waals surface area contributed by atoms with Gasteiger partial charge in [-0.3, -0.25) is 4.98 Å². The molecule has 0 aliphatic heterocycles. The predicted octanol–water partition coefficient (Wildman–Crippen LogP) is 0.724. The zero-order valence-corrected chi connectivity index (χ0v) is 10.8. The average molecular weight is 267 g/mol. The molecule has 0 saturated carbocycles. The van der Waals surface area contributed by atoms with Crippen LogP contribution in [0, 0.1) is 0 Å². The van der Waals surface area contributed by atoms with Gasteiger partial charge in [0.2, 0.25) is 0 Å². The van der Waals surface area contributed by atoms with Crippen molar-refractivity contribution in [2.45, 2.75) is 17.9 Å². The summed E-state index contributed by atoms with van der Waals surface area (Å²) in [7, 11) is -3.26. The predicted molar refractivity (Wildman–Crippen MR) is 65.1 cm³/mol. The van der Waals surface area contributed by atoms with Crippen molar-refractivity contribution >= 4 is 9.84 Å². The van der Waals surface area contributed by atoms with Gasteiger partial charge in [0.05, 0.1) is 29.9 Å². The molecule has 2 aromatic rings. The molecule has 0 fully saturated rings. The molecule has 0 spiro atoms. The van der Waals surface area contributed by atoms with E-state index in [1.165, 1.54) is 23.3 Å². The van der Waals surface area contributed by atoms with Gasteiger partial charge in [-0.05, 0) is 19.1 Å². The summed E-state index contributed by atoms with van der Waals surface area (Å²) in [5.41, 5.74) is 1.18. The van der Waals surface area contributed by atoms with Crippen LogP contribution in [0.5, 0.6) is 0 Å². The fourth-order valence-electron chi connectivity index (χ4n) is 1.42. The van der Waals surface area contributed by atoms with E-state index in [1.54, 1.807) is 19.1 Å². The highest BCUT2D eigenvalue weighted by Gasteiger charge is 2.11. The molecule has 2 rings (SSSR count). The largest absolute Gasteiger partial charge is 0.387 e. The zero-order valence-electron chi connectivity index (χ0n) is 9.98. The Balaban J connectivity index is 2.35. The molecule has 0 saturated heterocycles. The molecule has 0 aliphatic carbocycles. The van der Waals surface area contributed by atoms with E-state index in [-0.39, 0.29) is 4.90 Å². The summed E-state index contributed by atoms with van der Waals surface area (Å²) >= 11 is 0. The second kappa shape index (κ2) is 4.51. The molecule has 0 amide bonds. The molecule has 7 heteroatoms. The molecular weight excluding hydrogens is 254 g/mol. The highest BCUT2D eigenvalue weighted by Crippen LogP contribution is 2.14. The van der Waals surface area contributed by atoms with E-state index in [0.29, 0.717) is 11.4 Å². The Hall–Kier alpha value is -1.73. The number of nitrogens with zero attached hydrogens (tertiary/aromatic N) is 3. The summed E-state index contributed by atoms with van der Waals surface area (Å²) in [6.07, 6.45) is 4.74. The first kappa shape index (κ1) is 12.7. The van der Waals surface area contributed by atoms with E-state index in [0.717, 1.165) is 6.26 Å². The van der Waals surface area contributed by atoms with Crippen molar-refractivity contribution in [3.8, 4) is 5.69 Å². The van der Waals surface area contributed by atoms with Crippen LogP contribution in [0.1, 0.15) is 18.7 Å². The highest BCUT2D eigenvalue weighted by atomic mass is 32.2. The minimum Gasteiger partial charge on any atom is -0.387 e. The van der Waals surface area contributed by atoms with Crippen molar-refractivity contribution in [1.29, 1.82) is 0 Å². The van der Waals surface area contributed by atoms with E-state index < -0.39 is 15.9 Å². The first-order valence-electron chi connectivity index (χ1n) is 5.27. The molecule has 0 radical (unpaired) electrons. The monoisotopic (exact) mass is 267 g/mol. The summed E-state index contributed by atoms with van der Waals surface area (Å²) in [6, 6.07) is 3.38. The Morgan fingerprint density at radius 2 is 2.06 bits per heavy atom. The fourth-order valence-corrected chi connectivity index (χ4v) is 1.95. The van der Waals surface area contributed by atoms with Crippen LogP contribution in [-0.2, 0) is 9.84 Å². The smallest absolute Gasteiger partial charge is 0.178 e. The zero-order chi connectivity index (χ0) is 13.3. The van der Waals surface area contributed by atoms with E-state index in [1.807, 2.05) is 0 Å². The second-order valence-corrected chi connectivity index (χ2v) is 6.03. The summed E-state index contributed by atoms with van der Waals surface area (Å²) in [5, 5.41) is 13.3. The molecule has 0 unspecified atom stereocenters. The maximum atomic E-state index is 11.3. The van der Waals surface area contributed by atoms with Crippen LogP contribution in [0.15, 0.2) is 35.6 Å². The Kier molecular flexibility index (Phi) is 3.18. The van der Waals surface area contributed by atoms with Gasteiger partial charge in [0.15, 0.2) is 9.84 Å². The van der Waals surface area contributed by atoms with E-state index in [2.05, 4.69) is 10.1 Å². The number of hydrogen-bond acceptors (Lipinski definition) is 5. The minimum absolute atomic E-state index is 0.155. The number of aliphatic hydroxyl groups excluding tert-OH is 1.